The van der Waals surface area contributed by atoms with Gasteiger partial charge in [0.05, 0.1) is 13.0 Å². The van der Waals surface area contributed by atoms with Crippen LogP contribution in [-0.4, -0.2) is 27.9 Å². The third kappa shape index (κ3) is 2.86. The maximum atomic E-state index is 12.2. The Morgan fingerprint density at radius 2 is 2.27 bits per heavy atom. The van der Waals surface area contributed by atoms with E-state index in [1.54, 1.807) is 6.92 Å². The molecule has 1 aliphatic heterocycles. The van der Waals surface area contributed by atoms with E-state index >= 15 is 0 Å². The second kappa shape index (κ2) is 6.25. The van der Waals surface area contributed by atoms with Gasteiger partial charge in [-0.2, -0.15) is 0 Å². The largest absolute Gasteiger partial charge is 0.392 e. The van der Waals surface area contributed by atoms with Crippen LogP contribution in [0.1, 0.15) is 28.1 Å². The van der Waals surface area contributed by atoms with Crippen LogP contribution in [0.25, 0.3) is 0 Å². The number of amides is 1. The van der Waals surface area contributed by atoms with Crippen LogP contribution in [0.4, 0.5) is 5.69 Å². The fourth-order valence-corrected chi connectivity index (χ4v) is 2.70. The van der Waals surface area contributed by atoms with Gasteiger partial charge in [-0.05, 0) is 42.6 Å². The van der Waals surface area contributed by atoms with Gasteiger partial charge in [-0.3, -0.25) is 4.79 Å². The Labute approximate surface area is 127 Å². The second-order valence-electron chi connectivity index (χ2n) is 5.34. The van der Waals surface area contributed by atoms with Crippen LogP contribution in [0, 0.1) is 6.92 Å². The van der Waals surface area contributed by atoms with Gasteiger partial charge in [-0.25, -0.2) is 4.63 Å². The normalized spacial score (nSPS) is 13.7. The van der Waals surface area contributed by atoms with Crippen LogP contribution in [0.3, 0.4) is 0 Å². The zero-order chi connectivity index (χ0) is 15.5. The van der Waals surface area contributed by atoms with Gasteiger partial charge in [0.2, 0.25) is 5.91 Å². The number of nitrogens with one attached hydrogen (secondary N) is 2. The van der Waals surface area contributed by atoms with Crippen LogP contribution in [0.15, 0.2) is 16.8 Å². The Hall–Kier alpha value is -2.25. The van der Waals surface area contributed by atoms with Crippen molar-refractivity contribution in [2.75, 3.05) is 11.9 Å². The van der Waals surface area contributed by atoms with Gasteiger partial charge < -0.3 is 15.7 Å². The highest BCUT2D eigenvalue weighted by Gasteiger charge is 2.18. The van der Waals surface area contributed by atoms with E-state index < -0.39 is 0 Å². The number of fused-ring (bicyclic) bond motifs is 1. The maximum Gasteiger partial charge on any atom is 0.230 e. The lowest BCUT2D eigenvalue weighted by Gasteiger charge is -2.23. The molecule has 1 aliphatic rings. The van der Waals surface area contributed by atoms with Crippen molar-refractivity contribution in [3.8, 4) is 0 Å². The van der Waals surface area contributed by atoms with E-state index in [0.29, 0.717) is 17.9 Å². The first-order chi connectivity index (χ1) is 10.7. The van der Waals surface area contributed by atoms with Crippen LogP contribution >= 0.6 is 0 Å². The van der Waals surface area contributed by atoms with Crippen molar-refractivity contribution in [1.82, 2.24) is 15.6 Å². The number of benzene rings is 1. The molecule has 1 aromatic carbocycles. The molecule has 3 N–H and O–H groups in total. The minimum atomic E-state index is -0.156. The van der Waals surface area contributed by atoms with Crippen molar-refractivity contribution in [3.05, 3.63) is 40.2 Å². The van der Waals surface area contributed by atoms with E-state index in [2.05, 4.69) is 25.6 Å². The average molecular weight is 302 g/mol. The zero-order valence-electron chi connectivity index (χ0n) is 12.3. The highest BCUT2D eigenvalue weighted by Crippen LogP contribution is 2.27. The molecule has 7 heteroatoms. The fraction of sp³-hybridized carbons (Fsp3) is 0.400. The number of aliphatic hydroxyl groups is 1. The van der Waals surface area contributed by atoms with Gasteiger partial charge in [0.15, 0.2) is 0 Å². The molecule has 1 aromatic heterocycles. The highest BCUT2D eigenvalue weighted by molar-refractivity contribution is 5.93. The van der Waals surface area contributed by atoms with E-state index in [9.17, 15) is 9.90 Å². The molecule has 22 heavy (non-hydrogen) atoms. The zero-order valence-corrected chi connectivity index (χ0v) is 12.3. The van der Waals surface area contributed by atoms with Crippen molar-refractivity contribution in [1.29, 1.82) is 0 Å². The van der Waals surface area contributed by atoms with Crippen molar-refractivity contribution in [3.63, 3.8) is 0 Å². The Morgan fingerprint density at radius 3 is 3.00 bits per heavy atom. The molecule has 2 aromatic rings. The first kappa shape index (κ1) is 14.7. The van der Waals surface area contributed by atoms with Crippen LogP contribution in [0.2, 0.25) is 0 Å². The van der Waals surface area contributed by atoms with Crippen molar-refractivity contribution in [2.24, 2.45) is 0 Å². The predicted molar refractivity (Wildman–Crippen MR) is 79.1 cm³/mol. The van der Waals surface area contributed by atoms with Gasteiger partial charge in [-0.15, -0.1) is 0 Å². The summed E-state index contributed by atoms with van der Waals surface area (Å²) in [6.45, 7) is 3.32. The van der Waals surface area contributed by atoms with Gasteiger partial charge in [0, 0.05) is 12.2 Å². The summed E-state index contributed by atoms with van der Waals surface area (Å²) in [5.74, 6) is -0.156. The Kier molecular flexibility index (Phi) is 4.17. The number of carbonyl (C=O) groups is 1. The topological polar surface area (TPSA) is 100 Å². The van der Waals surface area contributed by atoms with E-state index in [1.165, 1.54) is 0 Å². The van der Waals surface area contributed by atoms with Crippen LogP contribution in [-0.2, 0) is 30.8 Å². The molecular weight excluding hydrogens is 284 g/mol. The highest BCUT2D eigenvalue weighted by atomic mass is 16.6. The Bertz CT molecular complexity index is 696. The molecule has 1 amide bonds. The Morgan fingerprint density at radius 1 is 1.41 bits per heavy atom. The van der Waals surface area contributed by atoms with E-state index in [1.807, 2.05) is 12.1 Å². The molecule has 0 aliphatic carbocycles. The molecule has 0 bridgehead atoms. The number of aromatic nitrogens is 2. The van der Waals surface area contributed by atoms with Crippen molar-refractivity contribution >= 4 is 11.6 Å². The monoisotopic (exact) mass is 302 g/mol. The van der Waals surface area contributed by atoms with E-state index in [-0.39, 0.29) is 18.9 Å². The second-order valence-corrected chi connectivity index (χ2v) is 5.34. The quantitative estimate of drug-likeness (QED) is 0.768. The predicted octanol–water partition coefficient (Wildman–Crippen LogP) is 0.697. The SMILES string of the molecule is Cc1nonc1CC(=O)Nc1ccc(CO)c2c1CCNC2. The smallest absolute Gasteiger partial charge is 0.230 e. The van der Waals surface area contributed by atoms with Gasteiger partial charge in [0.25, 0.3) is 0 Å². The van der Waals surface area contributed by atoms with Gasteiger partial charge >= 0.3 is 0 Å². The number of aliphatic hydroxyl groups excluding tert-OH is 1. The fourth-order valence-electron chi connectivity index (χ4n) is 2.70. The molecule has 0 saturated heterocycles. The summed E-state index contributed by atoms with van der Waals surface area (Å²) >= 11 is 0. The Balaban J connectivity index is 1.80. The molecule has 0 saturated carbocycles. The van der Waals surface area contributed by atoms with Gasteiger partial charge in [-0.1, -0.05) is 16.4 Å². The van der Waals surface area contributed by atoms with Crippen LogP contribution in [0.5, 0.6) is 0 Å². The average Bonchev–Trinajstić information content (AvgIpc) is 2.93. The lowest BCUT2D eigenvalue weighted by molar-refractivity contribution is -0.115. The molecule has 7 nitrogen and oxygen atoms in total. The first-order valence-corrected chi connectivity index (χ1v) is 7.22. The summed E-state index contributed by atoms with van der Waals surface area (Å²) in [5.41, 5.74) is 5.03. The summed E-state index contributed by atoms with van der Waals surface area (Å²) in [7, 11) is 0. The molecule has 0 fully saturated rings. The number of anilines is 1. The minimum absolute atomic E-state index is 0.00203. The third-order valence-corrected chi connectivity index (χ3v) is 3.90. The number of nitrogens with zero attached hydrogens (tertiary/aromatic N) is 2. The summed E-state index contributed by atoms with van der Waals surface area (Å²) in [4.78, 5) is 12.2. The summed E-state index contributed by atoms with van der Waals surface area (Å²) < 4.78 is 4.60. The van der Waals surface area contributed by atoms with Crippen molar-refractivity contribution in [2.45, 2.75) is 32.9 Å². The lowest BCUT2D eigenvalue weighted by Crippen LogP contribution is -2.27. The summed E-state index contributed by atoms with van der Waals surface area (Å²) in [6.07, 6.45) is 0.952. The van der Waals surface area contributed by atoms with E-state index in [0.717, 1.165) is 35.3 Å². The molecule has 0 radical (unpaired) electrons. The first-order valence-electron chi connectivity index (χ1n) is 7.22. The standard InChI is InChI=1S/C15H18N4O3/c1-9-14(19-22-18-9)6-15(21)17-13-3-2-10(8-20)12-7-16-5-4-11(12)13/h2-3,16,20H,4-8H2,1H3,(H,17,21). The van der Waals surface area contributed by atoms with Crippen LogP contribution < -0.4 is 10.6 Å². The molecule has 3 rings (SSSR count). The lowest BCUT2D eigenvalue weighted by atomic mass is 9.94. The summed E-state index contributed by atoms with van der Waals surface area (Å²) in [6, 6.07) is 3.70. The minimum Gasteiger partial charge on any atom is -0.392 e. The number of hydrogen-bond donors (Lipinski definition) is 3. The maximum absolute atomic E-state index is 12.2. The molecule has 2 heterocycles. The molecule has 0 spiro atoms. The third-order valence-electron chi connectivity index (χ3n) is 3.90. The number of rotatable bonds is 4. The van der Waals surface area contributed by atoms with Crippen molar-refractivity contribution < 1.29 is 14.5 Å². The van der Waals surface area contributed by atoms with Gasteiger partial charge in [0.1, 0.15) is 11.4 Å². The number of hydrogen-bond acceptors (Lipinski definition) is 6. The molecule has 0 unspecified atom stereocenters. The summed E-state index contributed by atoms with van der Waals surface area (Å²) in [5, 5.41) is 23.0. The number of carbonyl (C=O) groups excluding carboxylic acids is 1. The van der Waals surface area contributed by atoms with E-state index in [4.69, 9.17) is 0 Å². The molecule has 0 atom stereocenters. The number of aryl methyl sites for hydroxylation is 1. The molecule has 116 valence electrons. The molecular formula is C15H18N4O3.